The number of ether oxygens (including phenoxy) is 1. The number of morpholine rings is 1. The first kappa shape index (κ1) is 16.3. The molecule has 0 aromatic carbocycles. The summed E-state index contributed by atoms with van der Waals surface area (Å²) in [6.07, 6.45) is 0.197. The number of carbonyl (C=O) groups excluding carboxylic acids is 1. The summed E-state index contributed by atoms with van der Waals surface area (Å²) in [5.41, 5.74) is 0. The van der Waals surface area contributed by atoms with Crippen LogP contribution in [0.1, 0.15) is 24.8 Å². The average molecular weight is 311 g/mol. The normalized spacial score (nSPS) is 24.1. The second-order valence-electron chi connectivity index (χ2n) is 5.84. The Bertz CT molecular complexity index is 440. The number of rotatable bonds is 4. The molecule has 3 unspecified atom stereocenters. The molecule has 0 radical (unpaired) electrons. The fourth-order valence-electron chi connectivity index (χ4n) is 2.66. The lowest BCUT2D eigenvalue weighted by Gasteiger charge is -2.35. The summed E-state index contributed by atoms with van der Waals surface area (Å²) < 4.78 is 5.66. The molecule has 1 saturated heterocycles. The summed E-state index contributed by atoms with van der Waals surface area (Å²) in [7, 11) is 4.07. The van der Waals surface area contributed by atoms with Gasteiger partial charge in [0, 0.05) is 24.5 Å². The smallest absolute Gasteiger partial charge is 0.317 e. The van der Waals surface area contributed by atoms with Gasteiger partial charge < -0.3 is 19.9 Å². The predicted molar refractivity (Wildman–Crippen MR) is 85.7 cm³/mol. The van der Waals surface area contributed by atoms with Crippen LogP contribution in [0.25, 0.3) is 0 Å². The van der Waals surface area contributed by atoms with Crippen LogP contribution < -0.4 is 5.32 Å². The van der Waals surface area contributed by atoms with E-state index >= 15 is 0 Å². The maximum Gasteiger partial charge on any atom is 0.317 e. The summed E-state index contributed by atoms with van der Waals surface area (Å²) >= 11 is 1.72. The van der Waals surface area contributed by atoms with E-state index in [0.29, 0.717) is 19.6 Å². The number of thiophene rings is 1. The molecule has 1 fully saturated rings. The van der Waals surface area contributed by atoms with Gasteiger partial charge in [-0.1, -0.05) is 6.07 Å². The molecular formula is C15H25N3O2S. The van der Waals surface area contributed by atoms with E-state index in [0.717, 1.165) is 0 Å². The van der Waals surface area contributed by atoms with E-state index in [1.54, 1.807) is 11.3 Å². The van der Waals surface area contributed by atoms with Gasteiger partial charge in [0.2, 0.25) is 0 Å². The van der Waals surface area contributed by atoms with Crippen molar-refractivity contribution in [2.45, 2.75) is 32.1 Å². The summed E-state index contributed by atoms with van der Waals surface area (Å²) in [4.78, 5) is 17.6. The van der Waals surface area contributed by atoms with E-state index in [4.69, 9.17) is 4.74 Å². The van der Waals surface area contributed by atoms with Crippen molar-refractivity contribution in [2.75, 3.05) is 33.7 Å². The largest absolute Gasteiger partial charge is 0.372 e. The van der Waals surface area contributed by atoms with Crippen molar-refractivity contribution in [1.82, 2.24) is 15.1 Å². The van der Waals surface area contributed by atoms with Crippen LogP contribution in [0, 0.1) is 0 Å². The molecule has 2 rings (SSSR count). The molecule has 0 spiro atoms. The van der Waals surface area contributed by atoms with Gasteiger partial charge in [0.1, 0.15) is 0 Å². The number of hydrogen-bond donors (Lipinski definition) is 1. The van der Waals surface area contributed by atoms with Crippen molar-refractivity contribution < 1.29 is 9.53 Å². The monoisotopic (exact) mass is 311 g/mol. The molecule has 118 valence electrons. The van der Waals surface area contributed by atoms with E-state index in [1.165, 1.54) is 4.88 Å². The molecule has 1 N–H and O–H groups in total. The first-order chi connectivity index (χ1) is 9.97. The molecule has 2 heterocycles. The van der Waals surface area contributed by atoms with Crippen molar-refractivity contribution in [1.29, 1.82) is 0 Å². The van der Waals surface area contributed by atoms with Crippen LogP contribution in [0.2, 0.25) is 0 Å². The fourth-order valence-corrected chi connectivity index (χ4v) is 3.58. The highest BCUT2D eigenvalue weighted by molar-refractivity contribution is 7.10. The minimum Gasteiger partial charge on any atom is -0.372 e. The molecular weight excluding hydrogens is 286 g/mol. The summed E-state index contributed by atoms with van der Waals surface area (Å²) in [6.45, 7) is 5.94. The van der Waals surface area contributed by atoms with E-state index in [2.05, 4.69) is 21.7 Å². The van der Waals surface area contributed by atoms with Gasteiger partial charge in [0.15, 0.2) is 0 Å². The standard InChI is InChI=1S/C15H25N3O2S/c1-11-9-18(10-12(2)20-11)15(19)16-8-13(17(3)4)14-6-5-7-21-14/h5-7,11-13H,8-10H2,1-4H3,(H,16,19). The van der Waals surface area contributed by atoms with Gasteiger partial charge in [-0.2, -0.15) is 0 Å². The molecule has 0 saturated carbocycles. The Morgan fingerprint density at radius 1 is 1.48 bits per heavy atom. The Labute approximate surface area is 130 Å². The van der Waals surface area contributed by atoms with Crippen LogP contribution in [0.15, 0.2) is 17.5 Å². The Kier molecular flexibility index (Phi) is 5.61. The number of carbonyl (C=O) groups is 1. The van der Waals surface area contributed by atoms with Gasteiger partial charge in [-0.3, -0.25) is 0 Å². The van der Waals surface area contributed by atoms with Gasteiger partial charge in [0.05, 0.1) is 18.2 Å². The maximum atomic E-state index is 12.3. The van der Waals surface area contributed by atoms with Gasteiger partial charge >= 0.3 is 6.03 Å². The zero-order chi connectivity index (χ0) is 15.4. The lowest BCUT2D eigenvalue weighted by atomic mass is 10.2. The number of amides is 2. The van der Waals surface area contributed by atoms with Gasteiger partial charge in [-0.25, -0.2) is 4.79 Å². The third-order valence-electron chi connectivity index (χ3n) is 3.65. The van der Waals surface area contributed by atoms with Crippen LogP contribution in [-0.4, -0.2) is 61.8 Å². The molecule has 0 aliphatic carbocycles. The lowest BCUT2D eigenvalue weighted by molar-refractivity contribution is -0.0546. The molecule has 1 aliphatic rings. The number of hydrogen-bond acceptors (Lipinski definition) is 4. The van der Waals surface area contributed by atoms with Crippen molar-refractivity contribution in [3.8, 4) is 0 Å². The number of nitrogens with zero attached hydrogens (tertiary/aromatic N) is 2. The Morgan fingerprint density at radius 3 is 2.67 bits per heavy atom. The minimum atomic E-state index is 0.000376. The predicted octanol–water partition coefficient (Wildman–Crippen LogP) is 2.17. The Balaban J connectivity index is 1.90. The Hall–Kier alpha value is -1.11. The molecule has 1 aliphatic heterocycles. The first-order valence-corrected chi connectivity index (χ1v) is 8.23. The number of likely N-dealkylation sites (N-methyl/N-ethyl adjacent to an activating group) is 1. The highest BCUT2D eigenvalue weighted by Crippen LogP contribution is 2.22. The van der Waals surface area contributed by atoms with Crippen molar-refractivity contribution in [2.24, 2.45) is 0 Å². The van der Waals surface area contributed by atoms with Crippen molar-refractivity contribution in [3.63, 3.8) is 0 Å². The topological polar surface area (TPSA) is 44.8 Å². The highest BCUT2D eigenvalue weighted by atomic mass is 32.1. The number of urea groups is 1. The molecule has 0 bridgehead atoms. The molecule has 2 amide bonds. The minimum absolute atomic E-state index is 0.000376. The number of nitrogens with one attached hydrogen (secondary N) is 1. The van der Waals surface area contributed by atoms with Crippen LogP contribution in [0.3, 0.4) is 0 Å². The van der Waals surface area contributed by atoms with Gasteiger partial charge in [-0.15, -0.1) is 11.3 Å². The Morgan fingerprint density at radius 2 is 2.14 bits per heavy atom. The molecule has 5 nitrogen and oxygen atoms in total. The van der Waals surface area contributed by atoms with Crippen LogP contribution >= 0.6 is 11.3 Å². The SMILES string of the molecule is CC1CN(C(=O)NCC(c2cccs2)N(C)C)CC(C)O1. The van der Waals surface area contributed by atoms with Crippen molar-refractivity contribution >= 4 is 17.4 Å². The van der Waals surface area contributed by atoms with E-state index in [9.17, 15) is 4.79 Å². The lowest BCUT2D eigenvalue weighted by Crippen LogP contribution is -2.52. The van der Waals surface area contributed by atoms with E-state index in [-0.39, 0.29) is 24.3 Å². The zero-order valence-electron chi connectivity index (χ0n) is 13.2. The molecule has 1 aromatic heterocycles. The molecule has 1 aromatic rings. The summed E-state index contributed by atoms with van der Waals surface area (Å²) in [5, 5.41) is 5.13. The summed E-state index contributed by atoms with van der Waals surface area (Å²) in [5.74, 6) is 0. The molecule has 3 atom stereocenters. The third kappa shape index (κ3) is 4.43. The third-order valence-corrected chi connectivity index (χ3v) is 4.62. The van der Waals surface area contributed by atoms with Crippen LogP contribution in [0.4, 0.5) is 4.79 Å². The van der Waals surface area contributed by atoms with Gasteiger partial charge in [-0.05, 0) is 39.4 Å². The van der Waals surface area contributed by atoms with E-state index in [1.807, 2.05) is 38.9 Å². The second-order valence-corrected chi connectivity index (χ2v) is 6.82. The summed E-state index contributed by atoms with van der Waals surface area (Å²) in [6, 6.07) is 4.37. The van der Waals surface area contributed by atoms with Crippen LogP contribution in [0.5, 0.6) is 0 Å². The quantitative estimate of drug-likeness (QED) is 0.927. The fraction of sp³-hybridized carbons (Fsp3) is 0.667. The second kappa shape index (κ2) is 7.24. The molecule has 6 heteroatoms. The van der Waals surface area contributed by atoms with E-state index < -0.39 is 0 Å². The highest BCUT2D eigenvalue weighted by Gasteiger charge is 2.26. The first-order valence-electron chi connectivity index (χ1n) is 7.35. The van der Waals surface area contributed by atoms with Crippen LogP contribution in [-0.2, 0) is 4.74 Å². The van der Waals surface area contributed by atoms with Crippen molar-refractivity contribution in [3.05, 3.63) is 22.4 Å². The zero-order valence-corrected chi connectivity index (χ0v) is 14.0. The molecule has 21 heavy (non-hydrogen) atoms. The van der Waals surface area contributed by atoms with Gasteiger partial charge in [0.25, 0.3) is 0 Å². The maximum absolute atomic E-state index is 12.3. The average Bonchev–Trinajstić information content (AvgIpc) is 2.91.